The Kier molecular flexibility index (Phi) is 3.67. The largest absolute Gasteiger partial charge is 0.478 e. The van der Waals surface area contributed by atoms with Crippen LogP contribution in [0.2, 0.25) is 0 Å². The number of aromatic nitrogens is 1. The summed E-state index contributed by atoms with van der Waals surface area (Å²) in [7, 11) is 0. The number of benzene rings is 1. The molecule has 1 aromatic carbocycles. The zero-order chi connectivity index (χ0) is 13.8. The van der Waals surface area contributed by atoms with E-state index in [4.69, 9.17) is 11.5 Å². The second-order valence-corrected chi connectivity index (χ2v) is 4.07. The SMILES string of the molecule is C#CCN(CC)c1ccc2c(C(=O)O)cccc2n1. The minimum absolute atomic E-state index is 0.261. The van der Waals surface area contributed by atoms with Crippen LogP contribution < -0.4 is 4.90 Å². The van der Waals surface area contributed by atoms with Crippen LogP contribution in [0.4, 0.5) is 5.82 Å². The summed E-state index contributed by atoms with van der Waals surface area (Å²) < 4.78 is 0. The van der Waals surface area contributed by atoms with Gasteiger partial charge in [-0.2, -0.15) is 0 Å². The molecule has 1 heterocycles. The molecule has 1 aromatic heterocycles. The molecule has 2 aromatic rings. The second-order valence-electron chi connectivity index (χ2n) is 4.07. The Morgan fingerprint density at radius 1 is 1.42 bits per heavy atom. The Labute approximate surface area is 111 Å². The van der Waals surface area contributed by atoms with E-state index in [-0.39, 0.29) is 5.56 Å². The normalized spacial score (nSPS) is 10.1. The van der Waals surface area contributed by atoms with Gasteiger partial charge in [0.25, 0.3) is 0 Å². The number of carboxylic acids is 1. The van der Waals surface area contributed by atoms with Crippen LogP contribution in [-0.2, 0) is 0 Å². The lowest BCUT2D eigenvalue weighted by Crippen LogP contribution is -2.23. The molecule has 0 bridgehead atoms. The van der Waals surface area contributed by atoms with Crippen LogP contribution >= 0.6 is 0 Å². The maximum atomic E-state index is 11.1. The number of hydrogen-bond acceptors (Lipinski definition) is 3. The third kappa shape index (κ3) is 2.50. The lowest BCUT2D eigenvalue weighted by molar-refractivity contribution is 0.0699. The van der Waals surface area contributed by atoms with E-state index in [0.29, 0.717) is 17.4 Å². The van der Waals surface area contributed by atoms with Crippen molar-refractivity contribution in [1.29, 1.82) is 0 Å². The molecule has 2 rings (SSSR count). The van der Waals surface area contributed by atoms with Crippen molar-refractivity contribution >= 4 is 22.7 Å². The van der Waals surface area contributed by atoms with E-state index in [1.807, 2.05) is 11.8 Å². The maximum Gasteiger partial charge on any atom is 0.336 e. The van der Waals surface area contributed by atoms with Crippen molar-refractivity contribution in [2.24, 2.45) is 0 Å². The van der Waals surface area contributed by atoms with Crippen molar-refractivity contribution in [2.75, 3.05) is 18.0 Å². The zero-order valence-corrected chi connectivity index (χ0v) is 10.6. The van der Waals surface area contributed by atoms with Gasteiger partial charge in [-0.05, 0) is 31.2 Å². The van der Waals surface area contributed by atoms with Crippen LogP contribution in [0.1, 0.15) is 17.3 Å². The van der Waals surface area contributed by atoms with Crippen molar-refractivity contribution in [3.63, 3.8) is 0 Å². The summed E-state index contributed by atoms with van der Waals surface area (Å²) in [6.07, 6.45) is 5.32. The first kappa shape index (κ1) is 12.9. The van der Waals surface area contributed by atoms with Gasteiger partial charge in [0, 0.05) is 11.9 Å². The van der Waals surface area contributed by atoms with Crippen LogP contribution in [-0.4, -0.2) is 29.1 Å². The first-order chi connectivity index (χ1) is 9.17. The highest BCUT2D eigenvalue weighted by atomic mass is 16.4. The molecule has 0 aliphatic heterocycles. The first-order valence-corrected chi connectivity index (χ1v) is 5.99. The Hall–Kier alpha value is -2.54. The Morgan fingerprint density at radius 3 is 2.84 bits per heavy atom. The molecule has 0 aliphatic rings. The monoisotopic (exact) mass is 254 g/mol. The number of pyridine rings is 1. The van der Waals surface area contributed by atoms with Crippen molar-refractivity contribution in [2.45, 2.75) is 6.92 Å². The summed E-state index contributed by atoms with van der Waals surface area (Å²) in [6, 6.07) is 8.65. The van der Waals surface area contributed by atoms with Crippen LogP contribution in [0.5, 0.6) is 0 Å². The van der Waals surface area contributed by atoms with Crippen molar-refractivity contribution < 1.29 is 9.90 Å². The summed E-state index contributed by atoms with van der Waals surface area (Å²) >= 11 is 0. The molecule has 0 fully saturated rings. The molecule has 0 spiro atoms. The molecule has 0 unspecified atom stereocenters. The van der Waals surface area contributed by atoms with Gasteiger partial charge in [0.05, 0.1) is 17.6 Å². The first-order valence-electron chi connectivity index (χ1n) is 5.99. The van der Waals surface area contributed by atoms with E-state index >= 15 is 0 Å². The third-order valence-electron chi connectivity index (χ3n) is 2.94. The van der Waals surface area contributed by atoms with E-state index in [2.05, 4.69) is 10.9 Å². The fraction of sp³-hybridized carbons (Fsp3) is 0.200. The highest BCUT2D eigenvalue weighted by molar-refractivity contribution is 6.02. The molecule has 0 aliphatic carbocycles. The van der Waals surface area contributed by atoms with E-state index in [1.165, 1.54) is 0 Å². The van der Waals surface area contributed by atoms with E-state index in [0.717, 1.165) is 12.4 Å². The van der Waals surface area contributed by atoms with Gasteiger partial charge in [0.15, 0.2) is 0 Å². The zero-order valence-electron chi connectivity index (χ0n) is 10.6. The predicted molar refractivity (Wildman–Crippen MR) is 75.4 cm³/mol. The number of aromatic carboxylic acids is 1. The van der Waals surface area contributed by atoms with Crippen molar-refractivity contribution in [3.05, 3.63) is 35.9 Å². The topological polar surface area (TPSA) is 53.4 Å². The van der Waals surface area contributed by atoms with Gasteiger partial charge in [-0.25, -0.2) is 9.78 Å². The molecule has 96 valence electrons. The van der Waals surface area contributed by atoms with Gasteiger partial charge >= 0.3 is 5.97 Å². The number of terminal acetylenes is 1. The van der Waals surface area contributed by atoms with Crippen LogP contribution in [0, 0.1) is 12.3 Å². The molecule has 1 N–H and O–H groups in total. The molecule has 0 radical (unpaired) electrons. The molecular formula is C15H14N2O2. The highest BCUT2D eigenvalue weighted by Gasteiger charge is 2.10. The lowest BCUT2D eigenvalue weighted by Gasteiger charge is -2.19. The molecule has 0 atom stereocenters. The summed E-state index contributed by atoms with van der Waals surface area (Å²) in [5.41, 5.74) is 0.921. The van der Waals surface area contributed by atoms with Crippen LogP contribution in [0.25, 0.3) is 10.9 Å². The summed E-state index contributed by atoms with van der Waals surface area (Å²) in [5.74, 6) is 2.40. The smallest absolute Gasteiger partial charge is 0.336 e. The van der Waals surface area contributed by atoms with Crippen molar-refractivity contribution in [3.8, 4) is 12.3 Å². The Bertz CT molecular complexity index is 659. The fourth-order valence-electron chi connectivity index (χ4n) is 1.97. The lowest BCUT2D eigenvalue weighted by atomic mass is 10.1. The number of anilines is 1. The summed E-state index contributed by atoms with van der Waals surface area (Å²) in [6.45, 7) is 3.23. The minimum atomic E-state index is -0.948. The molecule has 4 nitrogen and oxygen atoms in total. The number of carbonyl (C=O) groups is 1. The average Bonchev–Trinajstić information content (AvgIpc) is 2.43. The molecule has 4 heteroatoms. The van der Waals surface area contributed by atoms with Gasteiger partial charge in [-0.3, -0.25) is 0 Å². The van der Waals surface area contributed by atoms with Gasteiger partial charge in [0.1, 0.15) is 5.82 Å². The minimum Gasteiger partial charge on any atom is -0.478 e. The Balaban J connectivity index is 2.53. The van der Waals surface area contributed by atoms with Gasteiger partial charge in [0.2, 0.25) is 0 Å². The Morgan fingerprint density at radius 2 is 2.21 bits per heavy atom. The van der Waals surface area contributed by atoms with Crippen LogP contribution in [0.3, 0.4) is 0 Å². The van der Waals surface area contributed by atoms with Gasteiger partial charge in [-0.1, -0.05) is 12.0 Å². The number of rotatable bonds is 4. The standard InChI is InChI=1S/C15H14N2O2/c1-3-10-17(4-2)14-9-8-11-12(15(18)19)6-5-7-13(11)16-14/h1,5-9H,4,10H2,2H3,(H,18,19). The number of carboxylic acid groups (broad SMARTS) is 1. The van der Waals surface area contributed by atoms with E-state index in [9.17, 15) is 4.79 Å². The predicted octanol–water partition coefficient (Wildman–Crippen LogP) is 2.39. The maximum absolute atomic E-state index is 11.1. The second kappa shape index (κ2) is 5.40. The third-order valence-corrected chi connectivity index (χ3v) is 2.94. The molecule has 0 saturated heterocycles. The molecule has 0 amide bonds. The fourth-order valence-corrected chi connectivity index (χ4v) is 1.97. The van der Waals surface area contributed by atoms with Gasteiger partial charge in [-0.15, -0.1) is 6.42 Å². The van der Waals surface area contributed by atoms with Crippen molar-refractivity contribution in [1.82, 2.24) is 4.98 Å². The molecule has 19 heavy (non-hydrogen) atoms. The number of hydrogen-bond donors (Lipinski definition) is 1. The number of fused-ring (bicyclic) bond motifs is 1. The summed E-state index contributed by atoms with van der Waals surface area (Å²) in [4.78, 5) is 17.6. The van der Waals surface area contributed by atoms with E-state index in [1.54, 1.807) is 30.3 Å². The van der Waals surface area contributed by atoms with Crippen LogP contribution in [0.15, 0.2) is 30.3 Å². The quantitative estimate of drug-likeness (QED) is 0.851. The average molecular weight is 254 g/mol. The molecule has 0 saturated carbocycles. The van der Waals surface area contributed by atoms with Gasteiger partial charge < -0.3 is 10.0 Å². The summed E-state index contributed by atoms with van der Waals surface area (Å²) in [5, 5.41) is 9.76. The molecular weight excluding hydrogens is 240 g/mol. The van der Waals surface area contributed by atoms with E-state index < -0.39 is 5.97 Å². The highest BCUT2D eigenvalue weighted by Crippen LogP contribution is 2.21. The number of nitrogens with zero attached hydrogens (tertiary/aromatic N) is 2.